The zero-order chi connectivity index (χ0) is 23.2. The van der Waals surface area contributed by atoms with E-state index in [1.165, 1.54) is 11.3 Å². The first kappa shape index (κ1) is 24.3. The number of rotatable bonds is 6. The molecule has 0 atom stereocenters. The predicted molar refractivity (Wildman–Crippen MR) is 112 cm³/mol. The topological polar surface area (TPSA) is 153 Å². The van der Waals surface area contributed by atoms with E-state index < -0.39 is 37.6 Å². The Morgan fingerprint density at radius 3 is 1.60 bits per heavy atom. The van der Waals surface area contributed by atoms with E-state index in [1.807, 2.05) is 0 Å². The third-order valence-electron chi connectivity index (χ3n) is 4.16. The number of non-ortho nitro benzene ring substituents is 1. The summed E-state index contributed by atoms with van der Waals surface area (Å²) in [7, 11) is 0. The van der Waals surface area contributed by atoms with Gasteiger partial charge in [0.2, 0.25) is 0 Å². The van der Waals surface area contributed by atoms with Crippen LogP contribution in [0, 0.1) is 37.3 Å². The first-order valence-electron chi connectivity index (χ1n) is 9.02. The molecule has 162 valence electrons. The Hall–Kier alpha value is -3.76. The van der Waals surface area contributed by atoms with Gasteiger partial charge in [-0.1, -0.05) is 18.2 Å². The zero-order valence-electron chi connectivity index (χ0n) is 17.3. The molecular weight excluding hydrogens is 396 g/mol. The summed E-state index contributed by atoms with van der Waals surface area (Å²) < 4.78 is 0. The van der Waals surface area contributed by atoms with E-state index in [-0.39, 0.29) is 0 Å². The van der Waals surface area contributed by atoms with Crippen LogP contribution in [0.15, 0.2) is 36.4 Å². The highest BCUT2D eigenvalue weighted by atomic mass is 16.6. The smallest absolute Gasteiger partial charge is 0.324 e. The number of nitrogens with zero attached hydrogens (tertiary/aromatic N) is 4. The van der Waals surface area contributed by atoms with Gasteiger partial charge < -0.3 is 10.0 Å². The van der Waals surface area contributed by atoms with Gasteiger partial charge in [-0.05, 0) is 46.2 Å². The highest BCUT2D eigenvalue weighted by Gasteiger charge is 2.30. The largest absolute Gasteiger partial charge is 0.497 e. The molecule has 0 aromatic heterocycles. The zero-order valence-corrected chi connectivity index (χ0v) is 17.3. The molecule has 11 heteroatoms. The summed E-state index contributed by atoms with van der Waals surface area (Å²) in [5, 5.41) is 40.2. The summed E-state index contributed by atoms with van der Waals surface area (Å²) in [6, 6.07) is 10.6. The van der Waals surface area contributed by atoms with E-state index in [9.17, 15) is 30.3 Å². The number of benzene rings is 2. The third kappa shape index (κ3) is 5.87. The third-order valence-corrected chi connectivity index (χ3v) is 4.16. The molecule has 11 nitrogen and oxygen atoms in total. The highest BCUT2D eigenvalue weighted by Crippen LogP contribution is 2.38. The molecule has 0 saturated heterocycles. The fourth-order valence-electron chi connectivity index (χ4n) is 2.98. The molecule has 0 bridgehead atoms. The van der Waals surface area contributed by atoms with Gasteiger partial charge in [0.25, 0.3) is 11.4 Å². The van der Waals surface area contributed by atoms with Gasteiger partial charge in [-0.15, -0.1) is 0 Å². The number of aryl methyl sites for hydroxylation is 1. The van der Waals surface area contributed by atoms with Crippen molar-refractivity contribution in [2.45, 2.75) is 46.7 Å². The minimum Gasteiger partial charge on any atom is -0.497 e. The first-order valence-corrected chi connectivity index (χ1v) is 9.02. The molecule has 0 saturated carbocycles. The summed E-state index contributed by atoms with van der Waals surface area (Å²) >= 11 is 0. The summed E-state index contributed by atoms with van der Waals surface area (Å²) in [5.41, 5.74) is -0.287. The van der Waals surface area contributed by atoms with Gasteiger partial charge in [0.15, 0.2) is 0 Å². The van der Waals surface area contributed by atoms with Crippen molar-refractivity contribution < 1.29 is 19.9 Å². The molecule has 0 radical (unpaired) electrons. The van der Waals surface area contributed by atoms with Crippen molar-refractivity contribution in [3.05, 3.63) is 72.3 Å². The molecule has 2 aromatic rings. The molecule has 0 amide bonds. The number of nitro benzene ring substituents is 3. The minimum absolute atomic E-state index is 0.447. The standard InChI is InChI=1S/C13H21N.C6H3N3O7/c1-10(2)14(11(3)4)13-9-7-6-8-12(13)5;10-6-4(8(13)14)1-3(7(11)12)2-5(6)9(15)16/h6-11H,1-5H3;1-2,10H. The number of phenols is 1. The summed E-state index contributed by atoms with van der Waals surface area (Å²) in [6.07, 6.45) is 0. The minimum atomic E-state index is -1.21. The molecule has 0 aliphatic carbocycles. The van der Waals surface area contributed by atoms with Crippen LogP contribution in [0.1, 0.15) is 33.3 Å². The van der Waals surface area contributed by atoms with Crippen LogP contribution in [-0.2, 0) is 0 Å². The number of nitro groups is 3. The maximum absolute atomic E-state index is 10.4. The maximum Gasteiger partial charge on any atom is 0.324 e. The quantitative estimate of drug-likeness (QED) is 0.519. The number of aromatic hydroxyl groups is 1. The normalized spacial score (nSPS) is 10.4. The van der Waals surface area contributed by atoms with E-state index in [0.29, 0.717) is 24.2 Å². The van der Waals surface area contributed by atoms with E-state index in [4.69, 9.17) is 5.11 Å². The molecule has 0 spiro atoms. The SMILES string of the molecule is Cc1ccccc1N(C(C)C)C(C)C.O=[N+]([O-])c1cc([N+](=O)[O-])c(O)c([N+](=O)[O-])c1. The Balaban J connectivity index is 0.000000303. The lowest BCUT2D eigenvalue weighted by atomic mass is 10.1. The van der Waals surface area contributed by atoms with Gasteiger partial charge in [-0.25, -0.2) is 0 Å². The van der Waals surface area contributed by atoms with Crippen molar-refractivity contribution in [1.82, 2.24) is 0 Å². The van der Waals surface area contributed by atoms with Crippen molar-refractivity contribution in [3.63, 3.8) is 0 Å². The fraction of sp³-hybridized carbons (Fsp3) is 0.368. The summed E-state index contributed by atoms with van der Waals surface area (Å²) in [5.74, 6) is -1.21. The molecule has 0 aliphatic rings. The van der Waals surface area contributed by atoms with Crippen LogP contribution < -0.4 is 4.90 Å². The van der Waals surface area contributed by atoms with Crippen LogP contribution in [-0.4, -0.2) is 32.0 Å². The second-order valence-electron chi connectivity index (χ2n) is 6.99. The van der Waals surface area contributed by atoms with Gasteiger partial charge in [-0.2, -0.15) is 0 Å². The second kappa shape index (κ2) is 10.1. The Morgan fingerprint density at radius 1 is 0.833 bits per heavy atom. The van der Waals surface area contributed by atoms with Gasteiger partial charge in [0.1, 0.15) is 0 Å². The average Bonchev–Trinajstić information content (AvgIpc) is 2.63. The lowest BCUT2D eigenvalue weighted by Gasteiger charge is -2.34. The maximum atomic E-state index is 10.4. The van der Waals surface area contributed by atoms with Crippen molar-refractivity contribution in [2.75, 3.05) is 4.90 Å². The van der Waals surface area contributed by atoms with Crippen molar-refractivity contribution in [1.29, 1.82) is 0 Å². The van der Waals surface area contributed by atoms with Crippen LogP contribution in [0.5, 0.6) is 5.75 Å². The van der Waals surface area contributed by atoms with Gasteiger partial charge >= 0.3 is 11.4 Å². The van der Waals surface area contributed by atoms with Gasteiger partial charge in [0.05, 0.1) is 26.9 Å². The van der Waals surface area contributed by atoms with E-state index in [0.717, 1.165) is 0 Å². The number of anilines is 1. The predicted octanol–water partition coefficient (Wildman–Crippen LogP) is 4.74. The molecule has 0 unspecified atom stereocenters. The van der Waals surface area contributed by atoms with Crippen LogP contribution >= 0.6 is 0 Å². The molecule has 0 heterocycles. The Kier molecular flexibility index (Phi) is 8.21. The lowest BCUT2D eigenvalue weighted by molar-refractivity contribution is -0.404. The van der Waals surface area contributed by atoms with Gasteiger partial charge in [-0.3, -0.25) is 30.3 Å². The lowest BCUT2D eigenvalue weighted by Crippen LogP contribution is -2.37. The average molecular weight is 420 g/mol. The van der Waals surface area contributed by atoms with Gasteiger partial charge in [0, 0.05) is 17.8 Å². The number of para-hydroxylation sites is 1. The Labute approximate surface area is 173 Å². The van der Waals surface area contributed by atoms with Crippen LogP contribution in [0.3, 0.4) is 0 Å². The Morgan fingerprint density at radius 2 is 1.27 bits per heavy atom. The molecular formula is C19H24N4O7. The van der Waals surface area contributed by atoms with Crippen molar-refractivity contribution in [3.8, 4) is 5.75 Å². The van der Waals surface area contributed by atoms with Crippen LogP contribution in [0.2, 0.25) is 0 Å². The first-order chi connectivity index (χ1) is 13.9. The molecule has 30 heavy (non-hydrogen) atoms. The summed E-state index contributed by atoms with van der Waals surface area (Å²) in [6.45, 7) is 11.1. The molecule has 0 aliphatic heterocycles. The number of phenolic OH excluding ortho intramolecular Hbond substituents is 1. The number of hydrogen-bond acceptors (Lipinski definition) is 8. The molecule has 1 N–H and O–H groups in total. The van der Waals surface area contributed by atoms with E-state index in [1.54, 1.807) is 0 Å². The molecule has 0 fully saturated rings. The number of hydrogen-bond donors (Lipinski definition) is 1. The van der Waals surface area contributed by atoms with E-state index >= 15 is 0 Å². The second-order valence-corrected chi connectivity index (χ2v) is 6.99. The monoisotopic (exact) mass is 420 g/mol. The highest BCUT2D eigenvalue weighted by molar-refractivity contribution is 5.64. The van der Waals surface area contributed by atoms with Crippen LogP contribution in [0.25, 0.3) is 0 Å². The molecule has 2 aromatic carbocycles. The summed E-state index contributed by atoms with van der Waals surface area (Å²) in [4.78, 5) is 30.2. The fourth-order valence-corrected chi connectivity index (χ4v) is 2.98. The molecule has 2 rings (SSSR count). The van der Waals surface area contributed by atoms with Crippen LogP contribution in [0.4, 0.5) is 22.7 Å². The van der Waals surface area contributed by atoms with Crippen molar-refractivity contribution >= 4 is 22.7 Å². The Bertz CT molecular complexity index is 901. The van der Waals surface area contributed by atoms with E-state index in [2.05, 4.69) is 63.8 Å². The van der Waals surface area contributed by atoms with Crippen molar-refractivity contribution in [2.24, 2.45) is 0 Å².